The first-order chi connectivity index (χ1) is 14.5. The summed E-state index contributed by atoms with van der Waals surface area (Å²) in [6.07, 6.45) is 0.700. The van der Waals surface area contributed by atoms with Crippen LogP contribution in [0, 0.1) is 6.92 Å². The highest BCUT2D eigenvalue weighted by Gasteiger charge is 2.19. The van der Waals surface area contributed by atoms with Gasteiger partial charge in [-0.3, -0.25) is 4.79 Å². The molecule has 160 valence electrons. The van der Waals surface area contributed by atoms with Gasteiger partial charge in [0.05, 0.1) is 20.8 Å². The number of methoxy groups -OCH3 is 2. The molecule has 1 heterocycles. The van der Waals surface area contributed by atoms with Crippen LogP contribution in [0.5, 0.6) is 17.2 Å². The monoisotopic (exact) mass is 410 g/mol. The Hall–Kier alpha value is -3.15. The molecule has 0 spiro atoms. The molecule has 3 aromatic rings. The lowest BCUT2D eigenvalue weighted by Crippen LogP contribution is -2.28. The number of amides is 1. The molecule has 2 aromatic carbocycles. The Balaban J connectivity index is 1.77. The Morgan fingerprint density at radius 1 is 1.03 bits per heavy atom. The summed E-state index contributed by atoms with van der Waals surface area (Å²) in [6, 6.07) is 11.8. The van der Waals surface area contributed by atoms with Crippen molar-refractivity contribution in [3.63, 3.8) is 0 Å². The summed E-state index contributed by atoms with van der Waals surface area (Å²) in [5.74, 6) is 2.14. The number of nitrogens with zero attached hydrogens (tertiary/aromatic N) is 1. The molecule has 0 aliphatic heterocycles. The number of rotatable bonds is 9. The van der Waals surface area contributed by atoms with E-state index in [0.717, 1.165) is 34.3 Å². The molecular formula is C24H30N2O4. The second-order valence-electron chi connectivity index (χ2n) is 7.03. The summed E-state index contributed by atoms with van der Waals surface area (Å²) in [5, 5.41) is 4.12. The third-order valence-corrected chi connectivity index (χ3v) is 5.28. The minimum atomic E-state index is -0.0658. The van der Waals surface area contributed by atoms with Gasteiger partial charge in [-0.1, -0.05) is 6.07 Å². The van der Waals surface area contributed by atoms with Crippen molar-refractivity contribution >= 4 is 16.8 Å². The Labute approximate surface area is 177 Å². The summed E-state index contributed by atoms with van der Waals surface area (Å²) in [7, 11) is 3.23. The van der Waals surface area contributed by atoms with E-state index in [9.17, 15) is 4.79 Å². The molecule has 0 saturated heterocycles. The molecule has 1 amide bonds. The Bertz CT molecular complexity index is 1040. The third kappa shape index (κ3) is 4.22. The fourth-order valence-electron chi connectivity index (χ4n) is 3.82. The van der Waals surface area contributed by atoms with Crippen molar-refractivity contribution in [1.82, 2.24) is 9.88 Å². The van der Waals surface area contributed by atoms with E-state index in [1.165, 1.54) is 0 Å². The van der Waals surface area contributed by atoms with Crippen molar-refractivity contribution in [2.45, 2.75) is 33.7 Å². The molecular weight excluding hydrogens is 380 g/mol. The van der Waals surface area contributed by atoms with Crippen LogP contribution in [0.3, 0.4) is 0 Å². The summed E-state index contributed by atoms with van der Waals surface area (Å²) in [6.45, 7) is 7.87. The standard InChI is InChI=1S/C24H30N2O4/c1-6-26-20-10-9-18(30-7-2)15-19(20)16(3)23(26)24(27)25-13-12-17-8-11-21(28-4)22(14-17)29-5/h8-11,14-15H,6-7,12-13H2,1-5H3,(H,25,27). The number of aromatic nitrogens is 1. The molecule has 0 fully saturated rings. The van der Waals surface area contributed by atoms with Crippen LogP contribution in [0.25, 0.3) is 10.9 Å². The predicted molar refractivity (Wildman–Crippen MR) is 119 cm³/mol. The molecule has 0 unspecified atom stereocenters. The molecule has 0 saturated carbocycles. The fraction of sp³-hybridized carbons (Fsp3) is 0.375. The average molecular weight is 411 g/mol. The maximum Gasteiger partial charge on any atom is 0.268 e. The van der Waals surface area contributed by atoms with E-state index < -0.39 is 0 Å². The molecule has 0 bridgehead atoms. The van der Waals surface area contributed by atoms with Crippen LogP contribution >= 0.6 is 0 Å². The van der Waals surface area contributed by atoms with E-state index in [0.29, 0.717) is 36.8 Å². The molecule has 30 heavy (non-hydrogen) atoms. The highest BCUT2D eigenvalue weighted by molar-refractivity contribution is 6.02. The predicted octanol–water partition coefficient (Wildman–Crippen LogP) is 4.36. The Morgan fingerprint density at radius 2 is 1.80 bits per heavy atom. The van der Waals surface area contributed by atoms with Gasteiger partial charge in [0.2, 0.25) is 0 Å². The minimum absolute atomic E-state index is 0.0658. The molecule has 1 N–H and O–H groups in total. The topological polar surface area (TPSA) is 61.7 Å². The van der Waals surface area contributed by atoms with Gasteiger partial charge in [0.25, 0.3) is 5.91 Å². The molecule has 1 aromatic heterocycles. The first-order valence-electron chi connectivity index (χ1n) is 10.3. The van der Waals surface area contributed by atoms with Crippen molar-refractivity contribution in [2.24, 2.45) is 0 Å². The van der Waals surface area contributed by atoms with E-state index in [1.54, 1.807) is 14.2 Å². The highest BCUT2D eigenvalue weighted by Crippen LogP contribution is 2.30. The zero-order valence-corrected chi connectivity index (χ0v) is 18.4. The van der Waals surface area contributed by atoms with Crippen LogP contribution < -0.4 is 19.5 Å². The molecule has 0 aliphatic rings. The van der Waals surface area contributed by atoms with Crippen molar-refractivity contribution in [2.75, 3.05) is 27.4 Å². The van der Waals surface area contributed by atoms with Gasteiger partial charge >= 0.3 is 0 Å². The number of aryl methyl sites for hydroxylation is 2. The second kappa shape index (κ2) is 9.57. The van der Waals surface area contributed by atoms with Crippen molar-refractivity contribution in [3.8, 4) is 17.2 Å². The van der Waals surface area contributed by atoms with Crippen LogP contribution in [0.2, 0.25) is 0 Å². The number of hydrogen-bond acceptors (Lipinski definition) is 4. The maximum atomic E-state index is 13.0. The first-order valence-corrected chi connectivity index (χ1v) is 10.3. The van der Waals surface area contributed by atoms with Crippen LogP contribution in [0.15, 0.2) is 36.4 Å². The molecule has 6 heteroatoms. The average Bonchev–Trinajstić information content (AvgIpc) is 3.05. The molecule has 3 rings (SSSR count). The van der Waals surface area contributed by atoms with Crippen molar-refractivity contribution in [3.05, 3.63) is 53.2 Å². The number of carbonyl (C=O) groups is 1. The van der Waals surface area contributed by atoms with Crippen LogP contribution in [0.4, 0.5) is 0 Å². The number of carbonyl (C=O) groups excluding carboxylic acids is 1. The van der Waals surface area contributed by atoms with Crippen molar-refractivity contribution < 1.29 is 19.0 Å². The number of ether oxygens (including phenoxy) is 3. The van der Waals surface area contributed by atoms with E-state index >= 15 is 0 Å². The maximum absolute atomic E-state index is 13.0. The van der Waals surface area contributed by atoms with E-state index in [1.807, 2.05) is 50.2 Å². The minimum Gasteiger partial charge on any atom is -0.494 e. The molecule has 6 nitrogen and oxygen atoms in total. The largest absolute Gasteiger partial charge is 0.494 e. The molecule has 0 aliphatic carbocycles. The molecule has 0 atom stereocenters. The lowest BCUT2D eigenvalue weighted by atomic mass is 10.1. The quantitative estimate of drug-likeness (QED) is 0.569. The Morgan fingerprint density at radius 3 is 2.47 bits per heavy atom. The van der Waals surface area contributed by atoms with Gasteiger partial charge in [-0.15, -0.1) is 0 Å². The van der Waals surface area contributed by atoms with Gasteiger partial charge in [-0.05, 0) is 68.7 Å². The zero-order valence-electron chi connectivity index (χ0n) is 18.4. The van der Waals surface area contributed by atoms with Gasteiger partial charge < -0.3 is 24.1 Å². The summed E-state index contributed by atoms with van der Waals surface area (Å²) in [5.41, 5.74) is 3.79. The highest BCUT2D eigenvalue weighted by atomic mass is 16.5. The summed E-state index contributed by atoms with van der Waals surface area (Å²) >= 11 is 0. The zero-order chi connectivity index (χ0) is 21.7. The number of benzene rings is 2. The Kier molecular flexibility index (Phi) is 6.87. The smallest absolute Gasteiger partial charge is 0.268 e. The van der Waals surface area contributed by atoms with Crippen LogP contribution in [0.1, 0.15) is 35.5 Å². The lowest BCUT2D eigenvalue weighted by Gasteiger charge is -2.11. The lowest BCUT2D eigenvalue weighted by molar-refractivity contribution is 0.0945. The fourth-order valence-corrected chi connectivity index (χ4v) is 3.82. The van der Waals surface area contributed by atoms with Crippen LogP contribution in [-0.2, 0) is 13.0 Å². The van der Waals surface area contributed by atoms with Crippen LogP contribution in [-0.4, -0.2) is 37.8 Å². The van der Waals surface area contributed by atoms with Gasteiger partial charge in [-0.25, -0.2) is 0 Å². The number of nitrogens with one attached hydrogen (secondary N) is 1. The summed E-state index contributed by atoms with van der Waals surface area (Å²) in [4.78, 5) is 13.0. The first kappa shape index (κ1) is 21.6. The SMILES string of the molecule is CCOc1ccc2c(c1)c(C)c(C(=O)NCCc1ccc(OC)c(OC)c1)n2CC. The number of hydrogen-bond donors (Lipinski definition) is 1. The summed E-state index contributed by atoms with van der Waals surface area (Å²) < 4.78 is 18.3. The number of fused-ring (bicyclic) bond motifs is 1. The van der Waals surface area contributed by atoms with E-state index in [2.05, 4.69) is 16.8 Å². The molecule has 0 radical (unpaired) electrons. The third-order valence-electron chi connectivity index (χ3n) is 5.28. The van der Waals surface area contributed by atoms with E-state index in [-0.39, 0.29) is 5.91 Å². The normalized spacial score (nSPS) is 10.8. The second-order valence-corrected chi connectivity index (χ2v) is 7.03. The van der Waals surface area contributed by atoms with E-state index in [4.69, 9.17) is 14.2 Å². The van der Waals surface area contributed by atoms with Crippen molar-refractivity contribution in [1.29, 1.82) is 0 Å². The van der Waals surface area contributed by atoms with Gasteiger partial charge in [-0.2, -0.15) is 0 Å². The van der Waals surface area contributed by atoms with Gasteiger partial charge in [0.1, 0.15) is 11.4 Å². The van der Waals surface area contributed by atoms with Gasteiger partial charge in [0, 0.05) is 24.0 Å². The van der Waals surface area contributed by atoms with Gasteiger partial charge in [0.15, 0.2) is 11.5 Å².